The topological polar surface area (TPSA) is 12.4 Å². The van der Waals surface area contributed by atoms with Crippen LogP contribution in [0.1, 0.15) is 18.4 Å². The van der Waals surface area contributed by atoms with Gasteiger partial charge in [0.15, 0.2) is 0 Å². The van der Waals surface area contributed by atoms with Gasteiger partial charge in [-0.1, -0.05) is 140 Å². The van der Waals surface area contributed by atoms with Gasteiger partial charge in [0.1, 0.15) is 0 Å². The average Bonchev–Trinajstić information content (AvgIpc) is 3.49. The Morgan fingerprint density at radius 3 is 1.42 bits per heavy atom. The number of aliphatic imine (C=N–C) groups is 1. The maximum Gasteiger partial charge on any atom is 0.0434 e. The van der Waals surface area contributed by atoms with E-state index in [1.165, 1.54) is 75.8 Å². The molecule has 1 aliphatic heterocycles. The Morgan fingerprint density at radius 2 is 0.884 bits per heavy atom. The molecule has 0 N–H and O–H groups in total. The van der Waals surface area contributed by atoms with Gasteiger partial charge in [-0.25, -0.2) is 0 Å². The first-order valence-corrected chi connectivity index (χ1v) is 15.7. The van der Waals surface area contributed by atoms with Gasteiger partial charge in [0, 0.05) is 32.6 Å². The van der Waals surface area contributed by atoms with Gasteiger partial charge in [0.05, 0.1) is 0 Å². The second kappa shape index (κ2) is 11.0. The zero-order valence-corrected chi connectivity index (χ0v) is 24.5. The molecule has 2 heteroatoms. The van der Waals surface area contributed by atoms with Crippen LogP contribution in [0.3, 0.4) is 0 Å². The second-order valence-electron chi connectivity index (χ2n) is 11.1. The Hall–Kier alpha value is -5.05. The van der Waals surface area contributed by atoms with E-state index < -0.39 is 0 Å². The maximum atomic E-state index is 4.36. The van der Waals surface area contributed by atoms with Crippen LogP contribution < -0.4 is 0 Å². The highest BCUT2D eigenvalue weighted by molar-refractivity contribution is 7.26. The molecule has 1 aromatic heterocycles. The highest BCUT2D eigenvalue weighted by Gasteiger charge is 2.15. The van der Waals surface area contributed by atoms with Gasteiger partial charge in [0.25, 0.3) is 0 Å². The summed E-state index contributed by atoms with van der Waals surface area (Å²) in [6.45, 7) is 0. The molecule has 7 aromatic rings. The maximum absolute atomic E-state index is 4.36. The summed E-state index contributed by atoms with van der Waals surface area (Å²) in [5, 5.41) is 2.64. The Balaban J connectivity index is 1.18. The predicted molar refractivity (Wildman–Crippen MR) is 187 cm³/mol. The number of hydrogen-bond acceptors (Lipinski definition) is 2. The first-order valence-electron chi connectivity index (χ1n) is 14.8. The summed E-state index contributed by atoms with van der Waals surface area (Å²) in [6.07, 6.45) is 6.06. The molecule has 0 aliphatic carbocycles. The van der Waals surface area contributed by atoms with Crippen molar-refractivity contribution in [1.29, 1.82) is 0 Å². The molecule has 1 aliphatic rings. The van der Waals surface area contributed by atoms with Gasteiger partial charge in [-0.2, -0.15) is 0 Å². The Labute approximate surface area is 256 Å². The summed E-state index contributed by atoms with van der Waals surface area (Å²) in [5.41, 5.74) is 12.6. The molecule has 8 rings (SSSR count). The van der Waals surface area contributed by atoms with E-state index in [4.69, 9.17) is 0 Å². The predicted octanol–water partition coefficient (Wildman–Crippen LogP) is 11.9. The fourth-order valence-electron chi connectivity index (χ4n) is 6.29. The molecule has 0 bridgehead atoms. The minimum absolute atomic E-state index is 1.01. The third-order valence-corrected chi connectivity index (χ3v) is 9.78. The normalized spacial score (nSPS) is 13.0. The molecule has 204 valence electrons. The molecule has 0 saturated carbocycles. The van der Waals surface area contributed by atoms with Crippen molar-refractivity contribution in [2.45, 2.75) is 12.8 Å². The molecule has 0 amide bonds. The summed E-state index contributed by atoms with van der Waals surface area (Å²) < 4.78 is 2.68. The van der Waals surface area contributed by atoms with Crippen LogP contribution in [0.15, 0.2) is 151 Å². The fourth-order valence-corrected chi connectivity index (χ4v) is 7.66. The molecule has 0 unspecified atom stereocenters. The van der Waals surface area contributed by atoms with Crippen molar-refractivity contribution >= 4 is 43.3 Å². The van der Waals surface area contributed by atoms with E-state index in [1.54, 1.807) is 0 Å². The van der Waals surface area contributed by atoms with Crippen LogP contribution in [0.5, 0.6) is 0 Å². The largest absolute Gasteiger partial charge is 0.269 e. The number of hydrogen-bond donors (Lipinski definition) is 0. The van der Waals surface area contributed by atoms with Crippen molar-refractivity contribution in [3.05, 3.63) is 151 Å². The summed E-state index contributed by atoms with van der Waals surface area (Å²) in [6, 6.07) is 50.9. The summed E-state index contributed by atoms with van der Waals surface area (Å²) in [5.74, 6) is 0. The first kappa shape index (κ1) is 25.6. The fraction of sp³-hybridized carbons (Fsp3) is 0.0488. The molecule has 0 radical (unpaired) electrons. The van der Waals surface area contributed by atoms with Crippen molar-refractivity contribution in [1.82, 2.24) is 0 Å². The zero-order chi connectivity index (χ0) is 28.6. The van der Waals surface area contributed by atoms with E-state index in [1.807, 2.05) is 23.8 Å². The third-order valence-electron chi connectivity index (χ3n) is 8.49. The second-order valence-corrected chi connectivity index (χ2v) is 12.1. The van der Waals surface area contributed by atoms with E-state index >= 15 is 0 Å². The van der Waals surface area contributed by atoms with Gasteiger partial charge in [-0.05, 0) is 68.5 Å². The van der Waals surface area contributed by atoms with Crippen LogP contribution in [-0.2, 0) is 0 Å². The third kappa shape index (κ3) is 4.70. The molecule has 2 heterocycles. The van der Waals surface area contributed by atoms with Crippen molar-refractivity contribution < 1.29 is 0 Å². The number of fused-ring (bicyclic) bond motifs is 3. The van der Waals surface area contributed by atoms with E-state index in [0.717, 1.165) is 12.8 Å². The van der Waals surface area contributed by atoms with E-state index in [2.05, 4.69) is 145 Å². The molecule has 43 heavy (non-hydrogen) atoms. The molecule has 1 nitrogen and oxygen atoms in total. The Bertz CT molecular complexity index is 2150. The van der Waals surface area contributed by atoms with Crippen LogP contribution in [0.25, 0.3) is 70.3 Å². The van der Waals surface area contributed by atoms with E-state index in [-0.39, 0.29) is 0 Å². The van der Waals surface area contributed by atoms with Crippen molar-refractivity contribution in [3.63, 3.8) is 0 Å². The monoisotopic (exact) mass is 567 g/mol. The highest BCUT2D eigenvalue weighted by Crippen LogP contribution is 2.44. The molecule has 0 spiro atoms. The number of allylic oxidation sites excluding steroid dienone is 1. The summed E-state index contributed by atoms with van der Waals surface area (Å²) in [7, 11) is 0. The summed E-state index contributed by atoms with van der Waals surface area (Å²) in [4.78, 5) is 4.36. The van der Waals surface area contributed by atoms with Crippen LogP contribution in [0.2, 0.25) is 0 Å². The highest BCUT2D eigenvalue weighted by atomic mass is 32.1. The average molecular weight is 568 g/mol. The van der Waals surface area contributed by atoms with E-state index in [9.17, 15) is 0 Å². The van der Waals surface area contributed by atoms with Crippen LogP contribution >= 0.6 is 11.3 Å². The standard InChI is InChI=1S/C41H29NS/c1-2-9-29(10-3-1)34-12-4-5-13-35(34)30-22-24-32(25-23-30)37-15-7-17-39-38-16-6-14-36(40(38)43-41(37)39)31-20-18-28(19-21-31)33-11-8-26-42-27-33/h1-7,9-10,12-27H,8,11H2. The smallest absolute Gasteiger partial charge is 0.0434 e. The summed E-state index contributed by atoms with van der Waals surface area (Å²) >= 11 is 1.91. The SMILES string of the molecule is C1=NC=C(c2ccc(-c3cccc4c3sc3c(-c5ccc(-c6ccccc6-c6ccccc6)cc5)cccc34)cc2)CC1. The lowest BCUT2D eigenvalue weighted by Gasteiger charge is -2.11. The minimum Gasteiger partial charge on any atom is -0.269 e. The van der Waals surface area contributed by atoms with Gasteiger partial charge < -0.3 is 0 Å². The van der Waals surface area contributed by atoms with Crippen molar-refractivity contribution in [2.24, 2.45) is 4.99 Å². The number of nitrogens with zero attached hydrogens (tertiary/aromatic N) is 1. The van der Waals surface area contributed by atoms with Crippen molar-refractivity contribution in [2.75, 3.05) is 0 Å². The Kier molecular flexibility index (Phi) is 6.55. The Morgan fingerprint density at radius 1 is 0.419 bits per heavy atom. The molecule has 0 fully saturated rings. The number of thiophene rings is 1. The van der Waals surface area contributed by atoms with E-state index in [0.29, 0.717) is 0 Å². The molecule has 0 atom stereocenters. The van der Waals surface area contributed by atoms with Gasteiger partial charge >= 0.3 is 0 Å². The van der Waals surface area contributed by atoms with Crippen LogP contribution in [0.4, 0.5) is 0 Å². The number of rotatable bonds is 5. The van der Waals surface area contributed by atoms with Gasteiger partial charge in [-0.15, -0.1) is 11.3 Å². The first-order chi connectivity index (χ1) is 21.3. The molecular weight excluding hydrogens is 539 g/mol. The lowest BCUT2D eigenvalue weighted by molar-refractivity contribution is 1.10. The van der Waals surface area contributed by atoms with Gasteiger partial charge in [-0.3, -0.25) is 4.99 Å². The van der Waals surface area contributed by atoms with Crippen molar-refractivity contribution in [3.8, 4) is 44.5 Å². The van der Waals surface area contributed by atoms with Crippen LogP contribution in [-0.4, -0.2) is 6.21 Å². The molecular formula is C41H29NS. The minimum atomic E-state index is 1.01. The zero-order valence-electron chi connectivity index (χ0n) is 23.7. The molecule has 6 aromatic carbocycles. The van der Waals surface area contributed by atoms with Crippen LogP contribution in [0, 0.1) is 0 Å². The lowest BCUT2D eigenvalue weighted by atomic mass is 9.93. The molecule has 0 saturated heterocycles. The van der Waals surface area contributed by atoms with Gasteiger partial charge in [0.2, 0.25) is 0 Å². The lowest BCUT2D eigenvalue weighted by Crippen LogP contribution is -1.90. The number of benzene rings is 6. The quantitative estimate of drug-likeness (QED) is 0.196.